The van der Waals surface area contributed by atoms with Gasteiger partial charge in [-0.25, -0.2) is 8.70 Å². The first-order valence-electron chi connectivity index (χ1n) is 7.06. The van der Waals surface area contributed by atoms with Crippen LogP contribution in [0.15, 0.2) is 24.3 Å². The van der Waals surface area contributed by atoms with Gasteiger partial charge in [0, 0.05) is 27.2 Å². The highest BCUT2D eigenvalue weighted by molar-refractivity contribution is 7.90. The second kappa shape index (κ2) is 6.62. The van der Waals surface area contributed by atoms with E-state index in [1.54, 1.807) is 4.90 Å². The molecular weight excluding hydrogens is 309 g/mol. The van der Waals surface area contributed by atoms with E-state index in [1.807, 2.05) is 0 Å². The highest BCUT2D eigenvalue weighted by Gasteiger charge is 2.29. The Morgan fingerprint density at radius 1 is 1.18 bits per heavy atom. The summed E-state index contributed by atoms with van der Waals surface area (Å²) in [6.45, 7) is 1.02. The lowest BCUT2D eigenvalue weighted by Crippen LogP contribution is -2.46. The SMILES string of the molecule is CN(C)S(=O)(=O)N(CC(=O)N1CCCC1)c1ccc(F)cc1. The maximum Gasteiger partial charge on any atom is 0.304 e. The molecule has 0 spiro atoms. The molecule has 6 nitrogen and oxygen atoms in total. The second-order valence-electron chi connectivity index (χ2n) is 5.36. The number of hydrogen-bond acceptors (Lipinski definition) is 3. The molecular formula is C14H20FN3O3S. The topological polar surface area (TPSA) is 60.9 Å². The Morgan fingerprint density at radius 2 is 1.73 bits per heavy atom. The number of amides is 1. The summed E-state index contributed by atoms with van der Waals surface area (Å²) in [4.78, 5) is 13.9. The first-order chi connectivity index (χ1) is 10.3. The molecule has 0 N–H and O–H groups in total. The maximum atomic E-state index is 13.1. The number of rotatable bonds is 5. The van der Waals surface area contributed by atoms with Crippen molar-refractivity contribution in [2.75, 3.05) is 38.0 Å². The molecule has 0 unspecified atom stereocenters. The Labute approximate surface area is 130 Å². The standard InChI is InChI=1S/C14H20FN3O3S/c1-16(2)22(20,21)18(13-7-5-12(15)6-8-13)11-14(19)17-9-3-4-10-17/h5-8H,3-4,9-11H2,1-2H3. The minimum atomic E-state index is -3.83. The van der Waals surface area contributed by atoms with Crippen molar-refractivity contribution in [1.29, 1.82) is 0 Å². The minimum Gasteiger partial charge on any atom is -0.341 e. The number of carbonyl (C=O) groups excluding carboxylic acids is 1. The quantitative estimate of drug-likeness (QED) is 0.811. The summed E-state index contributed by atoms with van der Waals surface area (Å²) in [6, 6.07) is 5.06. The van der Waals surface area contributed by atoms with E-state index in [0.717, 1.165) is 21.5 Å². The van der Waals surface area contributed by atoms with Crippen LogP contribution in [0, 0.1) is 5.82 Å². The lowest BCUT2D eigenvalue weighted by Gasteiger charge is -2.28. The van der Waals surface area contributed by atoms with Crippen molar-refractivity contribution in [2.45, 2.75) is 12.8 Å². The van der Waals surface area contributed by atoms with Gasteiger partial charge in [0.25, 0.3) is 0 Å². The summed E-state index contributed by atoms with van der Waals surface area (Å²) >= 11 is 0. The molecule has 0 radical (unpaired) electrons. The fraction of sp³-hybridized carbons (Fsp3) is 0.500. The number of nitrogens with zero attached hydrogens (tertiary/aromatic N) is 3. The highest BCUT2D eigenvalue weighted by Crippen LogP contribution is 2.20. The van der Waals surface area contributed by atoms with Crippen molar-refractivity contribution >= 4 is 21.8 Å². The molecule has 1 aliphatic heterocycles. The molecule has 0 aliphatic carbocycles. The molecule has 0 atom stereocenters. The van der Waals surface area contributed by atoms with Gasteiger partial charge in [-0.3, -0.25) is 4.79 Å². The predicted molar refractivity (Wildman–Crippen MR) is 82.2 cm³/mol. The zero-order chi connectivity index (χ0) is 16.3. The summed E-state index contributed by atoms with van der Waals surface area (Å²) in [6.07, 6.45) is 1.87. The van der Waals surface area contributed by atoms with Crippen LogP contribution in [0.2, 0.25) is 0 Å². The summed E-state index contributed by atoms with van der Waals surface area (Å²) in [5, 5.41) is 0. The number of carbonyl (C=O) groups is 1. The minimum absolute atomic E-state index is 0.243. The van der Waals surface area contributed by atoms with E-state index < -0.39 is 16.0 Å². The molecule has 0 saturated carbocycles. The average Bonchev–Trinajstić information content (AvgIpc) is 2.99. The molecule has 2 rings (SSSR count). The van der Waals surface area contributed by atoms with Crippen molar-refractivity contribution in [2.24, 2.45) is 0 Å². The number of benzene rings is 1. The van der Waals surface area contributed by atoms with Crippen molar-refractivity contribution in [3.63, 3.8) is 0 Å². The van der Waals surface area contributed by atoms with Crippen LogP contribution < -0.4 is 4.31 Å². The van der Waals surface area contributed by atoms with Crippen LogP contribution >= 0.6 is 0 Å². The fourth-order valence-electron chi connectivity index (χ4n) is 2.30. The molecule has 1 fully saturated rings. The number of likely N-dealkylation sites (tertiary alicyclic amines) is 1. The Balaban J connectivity index is 2.29. The van der Waals surface area contributed by atoms with Gasteiger partial charge in [0.2, 0.25) is 5.91 Å². The van der Waals surface area contributed by atoms with E-state index in [1.165, 1.54) is 38.4 Å². The Kier molecular flexibility index (Phi) is 5.02. The molecule has 1 heterocycles. The first kappa shape index (κ1) is 16.7. The average molecular weight is 329 g/mol. The third kappa shape index (κ3) is 3.56. The highest BCUT2D eigenvalue weighted by atomic mass is 32.2. The first-order valence-corrected chi connectivity index (χ1v) is 8.45. The maximum absolute atomic E-state index is 13.1. The van der Waals surface area contributed by atoms with Crippen molar-refractivity contribution < 1.29 is 17.6 Å². The molecule has 1 aromatic rings. The smallest absolute Gasteiger partial charge is 0.304 e. The number of hydrogen-bond donors (Lipinski definition) is 0. The van der Waals surface area contributed by atoms with Gasteiger partial charge in [0.15, 0.2) is 0 Å². The second-order valence-corrected chi connectivity index (χ2v) is 7.43. The van der Waals surface area contributed by atoms with Crippen LogP contribution in [0.5, 0.6) is 0 Å². The van der Waals surface area contributed by atoms with E-state index in [9.17, 15) is 17.6 Å². The van der Waals surface area contributed by atoms with Crippen LogP contribution in [0.4, 0.5) is 10.1 Å². The van der Waals surface area contributed by atoms with Gasteiger partial charge in [-0.1, -0.05) is 0 Å². The molecule has 0 bridgehead atoms. The predicted octanol–water partition coefficient (Wildman–Crippen LogP) is 1.06. The van der Waals surface area contributed by atoms with Gasteiger partial charge < -0.3 is 4.90 Å². The molecule has 1 aliphatic rings. The molecule has 22 heavy (non-hydrogen) atoms. The molecule has 1 saturated heterocycles. The summed E-state index contributed by atoms with van der Waals surface area (Å²) in [5.41, 5.74) is 0.266. The van der Waals surface area contributed by atoms with E-state index in [2.05, 4.69) is 0 Å². The molecule has 122 valence electrons. The Morgan fingerprint density at radius 3 is 2.23 bits per heavy atom. The van der Waals surface area contributed by atoms with Gasteiger partial charge in [-0.05, 0) is 37.1 Å². The molecule has 0 aromatic heterocycles. The van der Waals surface area contributed by atoms with Crippen molar-refractivity contribution in [3.8, 4) is 0 Å². The number of halogens is 1. The third-order valence-electron chi connectivity index (χ3n) is 3.59. The van der Waals surface area contributed by atoms with Gasteiger partial charge in [-0.2, -0.15) is 12.7 Å². The third-order valence-corrected chi connectivity index (χ3v) is 5.41. The van der Waals surface area contributed by atoms with Crippen molar-refractivity contribution in [1.82, 2.24) is 9.21 Å². The zero-order valence-electron chi connectivity index (χ0n) is 12.7. The summed E-state index contributed by atoms with van der Waals surface area (Å²) < 4.78 is 40.0. The Hall–Kier alpha value is -1.67. The van der Waals surface area contributed by atoms with Crippen LogP contribution in [0.3, 0.4) is 0 Å². The van der Waals surface area contributed by atoms with Crippen LogP contribution in [-0.4, -0.2) is 57.3 Å². The lowest BCUT2D eigenvalue weighted by molar-refractivity contribution is -0.128. The van der Waals surface area contributed by atoms with E-state index >= 15 is 0 Å². The zero-order valence-corrected chi connectivity index (χ0v) is 13.5. The van der Waals surface area contributed by atoms with E-state index in [0.29, 0.717) is 13.1 Å². The molecule has 8 heteroatoms. The van der Waals surface area contributed by atoms with Gasteiger partial charge >= 0.3 is 10.2 Å². The largest absolute Gasteiger partial charge is 0.341 e. The van der Waals surface area contributed by atoms with Gasteiger partial charge in [-0.15, -0.1) is 0 Å². The van der Waals surface area contributed by atoms with Gasteiger partial charge in [0.1, 0.15) is 12.4 Å². The fourth-order valence-corrected chi connectivity index (χ4v) is 3.36. The summed E-state index contributed by atoms with van der Waals surface area (Å²) in [5.74, 6) is -0.705. The van der Waals surface area contributed by atoms with E-state index in [4.69, 9.17) is 0 Å². The normalized spacial score (nSPS) is 15.4. The molecule has 1 aromatic carbocycles. The monoisotopic (exact) mass is 329 g/mol. The van der Waals surface area contributed by atoms with E-state index in [-0.39, 0.29) is 18.1 Å². The number of anilines is 1. The van der Waals surface area contributed by atoms with Crippen LogP contribution in [-0.2, 0) is 15.0 Å². The van der Waals surface area contributed by atoms with Crippen molar-refractivity contribution in [3.05, 3.63) is 30.1 Å². The molecule has 1 amide bonds. The van der Waals surface area contributed by atoms with Crippen LogP contribution in [0.1, 0.15) is 12.8 Å². The summed E-state index contributed by atoms with van der Waals surface area (Å²) in [7, 11) is -1.04. The lowest BCUT2D eigenvalue weighted by atomic mass is 10.3. The van der Waals surface area contributed by atoms with Crippen LogP contribution in [0.25, 0.3) is 0 Å². The van der Waals surface area contributed by atoms with Gasteiger partial charge in [0.05, 0.1) is 5.69 Å². The Bertz CT molecular complexity index is 625.